The highest BCUT2D eigenvalue weighted by Crippen LogP contribution is 2.24. The zero-order valence-corrected chi connectivity index (χ0v) is 11.1. The number of hydrogen-bond donors (Lipinski definition) is 3. The lowest BCUT2D eigenvalue weighted by molar-refractivity contribution is 0.153. The summed E-state index contributed by atoms with van der Waals surface area (Å²) in [5.41, 5.74) is 6.21. The Bertz CT molecular complexity index is 429. The maximum Gasteiger partial charge on any atom is 0.255 e. The Morgan fingerprint density at radius 1 is 1.50 bits per heavy atom. The summed E-state index contributed by atoms with van der Waals surface area (Å²) >= 11 is 3.24. The van der Waals surface area contributed by atoms with Gasteiger partial charge >= 0.3 is 0 Å². The van der Waals surface area contributed by atoms with Gasteiger partial charge in [0.1, 0.15) is 5.84 Å². The highest BCUT2D eigenvalue weighted by Gasteiger charge is 2.17. The summed E-state index contributed by atoms with van der Waals surface area (Å²) < 4.78 is 25.7. The molecule has 0 fully saturated rings. The van der Waals surface area contributed by atoms with Gasteiger partial charge in [0.2, 0.25) is 0 Å². The molecule has 0 saturated carbocycles. The van der Waals surface area contributed by atoms with E-state index in [-0.39, 0.29) is 19.0 Å². The largest absolute Gasteiger partial charge is 0.395 e. The topological polar surface area (TPSA) is 73.3 Å². The monoisotopic (exact) mass is 321 g/mol. The summed E-state index contributed by atoms with van der Waals surface area (Å²) in [6.07, 6.45) is -2.53. The molecule has 100 valence electrons. The van der Waals surface area contributed by atoms with Gasteiger partial charge in [0.05, 0.1) is 13.2 Å². The molecule has 0 atom stereocenters. The molecule has 0 aliphatic heterocycles. The van der Waals surface area contributed by atoms with Crippen molar-refractivity contribution in [2.24, 2.45) is 5.73 Å². The summed E-state index contributed by atoms with van der Waals surface area (Å²) in [4.78, 5) is 1.31. The number of halogens is 3. The van der Waals surface area contributed by atoms with Crippen LogP contribution in [0.2, 0.25) is 0 Å². The quantitative estimate of drug-likeness (QED) is 0.552. The van der Waals surface area contributed by atoms with Gasteiger partial charge in [0, 0.05) is 22.3 Å². The fraction of sp³-hybridized carbons (Fsp3) is 0.364. The van der Waals surface area contributed by atoms with Crippen molar-refractivity contribution in [2.45, 2.75) is 6.43 Å². The molecule has 0 amide bonds. The van der Waals surface area contributed by atoms with Gasteiger partial charge in [0.25, 0.3) is 6.43 Å². The molecule has 4 nitrogen and oxygen atoms in total. The molecule has 1 aromatic carbocycles. The molecule has 0 bridgehead atoms. The Balaban J connectivity index is 3.13. The van der Waals surface area contributed by atoms with Crippen molar-refractivity contribution in [2.75, 3.05) is 24.6 Å². The van der Waals surface area contributed by atoms with Crippen LogP contribution >= 0.6 is 15.9 Å². The molecule has 1 aromatic rings. The zero-order chi connectivity index (χ0) is 13.7. The third kappa shape index (κ3) is 3.92. The van der Waals surface area contributed by atoms with E-state index in [0.717, 1.165) is 0 Å². The number of alkyl halides is 2. The first kappa shape index (κ1) is 14.8. The highest BCUT2D eigenvalue weighted by atomic mass is 79.9. The van der Waals surface area contributed by atoms with Crippen LogP contribution in [0.4, 0.5) is 14.5 Å². The number of benzene rings is 1. The van der Waals surface area contributed by atoms with Crippen molar-refractivity contribution < 1.29 is 13.9 Å². The molecule has 0 unspecified atom stereocenters. The maximum absolute atomic E-state index is 12.5. The van der Waals surface area contributed by atoms with Gasteiger partial charge in [-0.25, -0.2) is 8.78 Å². The SMILES string of the molecule is N=C(N)c1cc(Br)ccc1N(CCO)CC(F)F. The highest BCUT2D eigenvalue weighted by molar-refractivity contribution is 9.10. The molecule has 0 aliphatic rings. The summed E-state index contributed by atoms with van der Waals surface area (Å²) in [6, 6.07) is 4.87. The van der Waals surface area contributed by atoms with Gasteiger partial charge in [-0.05, 0) is 18.2 Å². The minimum atomic E-state index is -2.53. The Kier molecular flexibility index (Phi) is 5.49. The smallest absolute Gasteiger partial charge is 0.255 e. The number of nitrogens with two attached hydrogens (primary N) is 1. The zero-order valence-electron chi connectivity index (χ0n) is 9.54. The standard InChI is InChI=1S/C11H14BrF2N3O/c12-7-1-2-9(8(5-7)11(15)16)17(3-4-18)6-10(13)14/h1-2,5,10,18H,3-4,6H2,(H3,15,16). The third-order valence-electron chi connectivity index (χ3n) is 2.32. The second-order valence-electron chi connectivity index (χ2n) is 3.64. The van der Waals surface area contributed by atoms with E-state index in [0.29, 0.717) is 15.7 Å². The fourth-order valence-electron chi connectivity index (χ4n) is 1.60. The van der Waals surface area contributed by atoms with Gasteiger partial charge in [-0.2, -0.15) is 0 Å². The van der Waals surface area contributed by atoms with E-state index in [1.807, 2.05) is 0 Å². The van der Waals surface area contributed by atoms with Crippen molar-refractivity contribution in [1.82, 2.24) is 0 Å². The lowest BCUT2D eigenvalue weighted by atomic mass is 10.1. The molecule has 0 radical (unpaired) electrons. The van der Waals surface area contributed by atoms with Gasteiger partial charge in [-0.15, -0.1) is 0 Å². The van der Waals surface area contributed by atoms with Crippen LogP contribution in [0.1, 0.15) is 5.56 Å². The minimum Gasteiger partial charge on any atom is -0.395 e. The molecule has 18 heavy (non-hydrogen) atoms. The number of amidine groups is 1. The molecule has 0 aliphatic carbocycles. The van der Waals surface area contributed by atoms with E-state index < -0.39 is 13.0 Å². The number of aliphatic hydroxyl groups is 1. The number of aliphatic hydroxyl groups excluding tert-OH is 1. The second kappa shape index (κ2) is 6.65. The van der Waals surface area contributed by atoms with Crippen LogP contribution in [0.5, 0.6) is 0 Å². The maximum atomic E-state index is 12.5. The van der Waals surface area contributed by atoms with Crippen LogP contribution in [-0.2, 0) is 0 Å². The van der Waals surface area contributed by atoms with Gasteiger partial charge in [-0.1, -0.05) is 15.9 Å². The average molecular weight is 322 g/mol. The van der Waals surface area contributed by atoms with Crippen LogP contribution in [-0.4, -0.2) is 37.1 Å². The van der Waals surface area contributed by atoms with Gasteiger partial charge < -0.3 is 15.7 Å². The molecule has 0 saturated heterocycles. The third-order valence-corrected chi connectivity index (χ3v) is 2.81. The number of rotatable bonds is 6. The summed E-state index contributed by atoms with van der Waals surface area (Å²) in [6.45, 7) is -0.700. The summed E-state index contributed by atoms with van der Waals surface area (Å²) in [7, 11) is 0. The van der Waals surface area contributed by atoms with E-state index in [9.17, 15) is 8.78 Å². The van der Waals surface area contributed by atoms with Crippen molar-refractivity contribution in [1.29, 1.82) is 5.41 Å². The van der Waals surface area contributed by atoms with E-state index in [2.05, 4.69) is 15.9 Å². The Morgan fingerprint density at radius 3 is 2.67 bits per heavy atom. The number of anilines is 1. The molecule has 7 heteroatoms. The van der Waals surface area contributed by atoms with E-state index in [4.69, 9.17) is 16.2 Å². The van der Waals surface area contributed by atoms with Crippen molar-refractivity contribution >= 4 is 27.5 Å². The van der Waals surface area contributed by atoms with Gasteiger partial charge in [-0.3, -0.25) is 5.41 Å². The van der Waals surface area contributed by atoms with Crippen molar-refractivity contribution in [3.8, 4) is 0 Å². The Labute approximate surface area is 112 Å². The predicted molar refractivity (Wildman–Crippen MR) is 70.5 cm³/mol. The van der Waals surface area contributed by atoms with E-state index in [1.54, 1.807) is 18.2 Å². The lowest BCUT2D eigenvalue weighted by Gasteiger charge is -2.25. The number of hydrogen-bond acceptors (Lipinski definition) is 3. The van der Waals surface area contributed by atoms with E-state index >= 15 is 0 Å². The number of nitrogens with zero attached hydrogens (tertiary/aromatic N) is 1. The average Bonchev–Trinajstić information content (AvgIpc) is 2.27. The molecular weight excluding hydrogens is 308 g/mol. The normalized spacial score (nSPS) is 10.7. The van der Waals surface area contributed by atoms with Crippen LogP contribution in [0.15, 0.2) is 22.7 Å². The molecule has 4 N–H and O–H groups in total. The van der Waals surface area contributed by atoms with Crippen LogP contribution in [0, 0.1) is 5.41 Å². The first-order valence-electron chi connectivity index (χ1n) is 5.23. The molecular formula is C11H14BrF2N3O. The van der Waals surface area contributed by atoms with Gasteiger partial charge in [0.15, 0.2) is 0 Å². The number of nitrogens with one attached hydrogen (secondary N) is 1. The minimum absolute atomic E-state index is 0.0618. The molecule has 1 rings (SSSR count). The van der Waals surface area contributed by atoms with Crippen LogP contribution in [0.3, 0.4) is 0 Å². The first-order chi connectivity index (χ1) is 8.45. The Morgan fingerprint density at radius 2 is 2.17 bits per heavy atom. The van der Waals surface area contributed by atoms with Crippen LogP contribution in [0.25, 0.3) is 0 Å². The first-order valence-corrected chi connectivity index (χ1v) is 6.03. The van der Waals surface area contributed by atoms with E-state index in [1.165, 1.54) is 4.90 Å². The fourth-order valence-corrected chi connectivity index (χ4v) is 1.96. The molecule has 0 spiro atoms. The molecule has 0 aromatic heterocycles. The Hall–Kier alpha value is -1.21. The molecule has 0 heterocycles. The summed E-state index contributed by atoms with van der Waals surface area (Å²) in [5, 5.41) is 16.4. The van der Waals surface area contributed by atoms with Crippen molar-refractivity contribution in [3.63, 3.8) is 0 Å². The van der Waals surface area contributed by atoms with Crippen molar-refractivity contribution in [3.05, 3.63) is 28.2 Å². The summed E-state index contributed by atoms with van der Waals surface area (Å²) in [5.74, 6) is -0.205. The lowest BCUT2D eigenvalue weighted by Crippen LogP contribution is -2.33. The predicted octanol–water partition coefficient (Wildman–Crippen LogP) is 1.80. The van der Waals surface area contributed by atoms with Crippen LogP contribution < -0.4 is 10.6 Å². The number of nitrogen functional groups attached to an aromatic ring is 1. The second-order valence-corrected chi connectivity index (χ2v) is 4.55.